The number of hydrogen-bond acceptors (Lipinski definition) is 4. The molecule has 0 bridgehead atoms. The van der Waals surface area contributed by atoms with Gasteiger partial charge in [0.15, 0.2) is 0 Å². The number of aromatic amines is 1. The second-order valence-corrected chi connectivity index (χ2v) is 5.17. The smallest absolute Gasteiger partial charge is 0.137 e. The van der Waals surface area contributed by atoms with Gasteiger partial charge in [-0.05, 0) is 25.3 Å². The Balaban J connectivity index is 1.68. The summed E-state index contributed by atoms with van der Waals surface area (Å²) in [7, 11) is 0. The van der Waals surface area contributed by atoms with Crippen LogP contribution in [0.5, 0.6) is 5.75 Å². The molecule has 5 nitrogen and oxygen atoms in total. The van der Waals surface area contributed by atoms with Crippen molar-refractivity contribution in [2.75, 3.05) is 13.2 Å². The van der Waals surface area contributed by atoms with Gasteiger partial charge in [0.2, 0.25) is 0 Å². The minimum atomic E-state index is 0.357. The van der Waals surface area contributed by atoms with Crippen molar-refractivity contribution in [3.05, 3.63) is 41.5 Å². The number of aromatic nitrogens is 3. The van der Waals surface area contributed by atoms with Gasteiger partial charge in [0, 0.05) is 24.6 Å². The molecule has 0 fully saturated rings. The normalized spacial score (nSPS) is 18.1. The van der Waals surface area contributed by atoms with Crippen LogP contribution in [0, 0.1) is 6.92 Å². The molecule has 0 saturated heterocycles. The minimum Gasteiger partial charge on any atom is -0.493 e. The summed E-state index contributed by atoms with van der Waals surface area (Å²) in [6.45, 7) is 3.79. The summed E-state index contributed by atoms with van der Waals surface area (Å²) in [4.78, 5) is 4.14. The molecule has 1 aliphatic heterocycles. The summed E-state index contributed by atoms with van der Waals surface area (Å²) in [6, 6.07) is 6.74. The van der Waals surface area contributed by atoms with Crippen LogP contribution in [0.15, 0.2) is 24.5 Å². The third-order valence-electron chi connectivity index (χ3n) is 3.72. The molecular formula is C15H20N4O. The zero-order chi connectivity index (χ0) is 13.8. The van der Waals surface area contributed by atoms with Crippen LogP contribution < -0.4 is 10.1 Å². The molecule has 0 radical (unpaired) electrons. The fourth-order valence-corrected chi connectivity index (χ4v) is 2.69. The van der Waals surface area contributed by atoms with E-state index < -0.39 is 0 Å². The summed E-state index contributed by atoms with van der Waals surface area (Å²) in [6.07, 6.45) is 4.59. The average molecular weight is 272 g/mol. The van der Waals surface area contributed by atoms with Crippen molar-refractivity contribution in [2.24, 2.45) is 0 Å². The number of para-hydroxylation sites is 1. The molecule has 0 amide bonds. The first-order valence-electron chi connectivity index (χ1n) is 7.14. The number of benzene rings is 1. The van der Waals surface area contributed by atoms with Crippen molar-refractivity contribution in [3.8, 4) is 5.75 Å². The fourth-order valence-electron chi connectivity index (χ4n) is 2.69. The van der Waals surface area contributed by atoms with Crippen LogP contribution in [0.25, 0.3) is 0 Å². The maximum atomic E-state index is 5.89. The molecule has 1 aliphatic rings. The first-order valence-corrected chi connectivity index (χ1v) is 7.14. The summed E-state index contributed by atoms with van der Waals surface area (Å²) < 4.78 is 5.89. The van der Waals surface area contributed by atoms with Gasteiger partial charge in [-0.3, -0.25) is 5.10 Å². The van der Waals surface area contributed by atoms with Crippen molar-refractivity contribution in [1.29, 1.82) is 0 Å². The predicted molar refractivity (Wildman–Crippen MR) is 76.7 cm³/mol. The van der Waals surface area contributed by atoms with E-state index in [0.29, 0.717) is 6.04 Å². The fraction of sp³-hybridized carbons (Fsp3) is 0.467. The molecular weight excluding hydrogens is 252 g/mol. The van der Waals surface area contributed by atoms with Gasteiger partial charge < -0.3 is 10.1 Å². The maximum absolute atomic E-state index is 5.89. The third-order valence-corrected chi connectivity index (χ3v) is 3.72. The lowest BCUT2D eigenvalue weighted by molar-refractivity contribution is 0.313. The van der Waals surface area contributed by atoms with Gasteiger partial charge >= 0.3 is 0 Å². The number of hydrogen-bond donors (Lipinski definition) is 2. The Morgan fingerprint density at radius 2 is 2.40 bits per heavy atom. The van der Waals surface area contributed by atoms with Crippen LogP contribution in [0.4, 0.5) is 0 Å². The molecule has 5 heteroatoms. The highest BCUT2D eigenvalue weighted by Gasteiger charge is 2.20. The van der Waals surface area contributed by atoms with E-state index in [2.05, 4.69) is 45.6 Å². The standard InChI is InChI=1S/C15H20N4O/c1-11-4-2-5-12-13(6-3-9-20-15(11)12)16-8-7-14-17-10-18-19-14/h2,4-5,10,13,16H,3,6-9H2,1H3,(H,17,18,19). The predicted octanol–water partition coefficient (Wildman–Crippen LogP) is 2.16. The Morgan fingerprint density at radius 1 is 1.45 bits per heavy atom. The highest BCUT2D eigenvalue weighted by Crippen LogP contribution is 2.33. The topological polar surface area (TPSA) is 62.8 Å². The molecule has 1 aromatic heterocycles. The largest absolute Gasteiger partial charge is 0.493 e. The molecule has 1 unspecified atom stereocenters. The molecule has 20 heavy (non-hydrogen) atoms. The van der Waals surface area contributed by atoms with E-state index in [1.807, 2.05) is 0 Å². The zero-order valence-corrected chi connectivity index (χ0v) is 11.7. The summed E-state index contributed by atoms with van der Waals surface area (Å²) in [5, 5.41) is 10.4. The summed E-state index contributed by atoms with van der Waals surface area (Å²) >= 11 is 0. The highest BCUT2D eigenvalue weighted by atomic mass is 16.5. The number of H-pyrrole nitrogens is 1. The van der Waals surface area contributed by atoms with Crippen LogP contribution in [0.1, 0.15) is 35.8 Å². The van der Waals surface area contributed by atoms with Crippen LogP contribution in [0.3, 0.4) is 0 Å². The lowest BCUT2D eigenvalue weighted by atomic mass is 10.00. The number of fused-ring (bicyclic) bond motifs is 1. The second-order valence-electron chi connectivity index (χ2n) is 5.17. The number of aryl methyl sites for hydroxylation is 1. The molecule has 2 aromatic rings. The number of nitrogens with zero attached hydrogens (tertiary/aromatic N) is 2. The van der Waals surface area contributed by atoms with Crippen LogP contribution >= 0.6 is 0 Å². The van der Waals surface area contributed by atoms with E-state index in [0.717, 1.165) is 44.0 Å². The number of ether oxygens (including phenoxy) is 1. The van der Waals surface area contributed by atoms with Gasteiger partial charge in [0.25, 0.3) is 0 Å². The molecule has 2 heterocycles. The van der Waals surface area contributed by atoms with Gasteiger partial charge in [0.05, 0.1) is 6.61 Å². The van der Waals surface area contributed by atoms with Gasteiger partial charge in [0.1, 0.15) is 17.9 Å². The molecule has 1 aromatic carbocycles. The van der Waals surface area contributed by atoms with Crippen LogP contribution in [-0.2, 0) is 6.42 Å². The second kappa shape index (κ2) is 6.05. The van der Waals surface area contributed by atoms with Gasteiger partial charge in [-0.1, -0.05) is 18.2 Å². The van der Waals surface area contributed by atoms with Gasteiger partial charge in [-0.15, -0.1) is 0 Å². The summed E-state index contributed by atoms with van der Waals surface area (Å²) in [5.74, 6) is 1.98. The zero-order valence-electron chi connectivity index (χ0n) is 11.7. The van der Waals surface area contributed by atoms with E-state index in [9.17, 15) is 0 Å². The van der Waals surface area contributed by atoms with Crippen LogP contribution in [-0.4, -0.2) is 28.3 Å². The first kappa shape index (κ1) is 13.1. The molecule has 0 aliphatic carbocycles. The van der Waals surface area contributed by atoms with E-state index in [1.54, 1.807) is 6.33 Å². The van der Waals surface area contributed by atoms with E-state index in [-0.39, 0.29) is 0 Å². The Labute approximate surface area is 118 Å². The Kier molecular flexibility index (Phi) is 3.97. The van der Waals surface area contributed by atoms with Crippen molar-refractivity contribution in [2.45, 2.75) is 32.2 Å². The maximum Gasteiger partial charge on any atom is 0.137 e. The van der Waals surface area contributed by atoms with Crippen molar-refractivity contribution >= 4 is 0 Å². The first-order chi connectivity index (χ1) is 9.84. The van der Waals surface area contributed by atoms with E-state index >= 15 is 0 Å². The SMILES string of the molecule is Cc1cccc2c1OCCCC2NCCc1ncn[nH]1. The minimum absolute atomic E-state index is 0.357. The third kappa shape index (κ3) is 2.82. The lowest BCUT2D eigenvalue weighted by Crippen LogP contribution is -2.24. The molecule has 3 rings (SSSR count). The van der Waals surface area contributed by atoms with Crippen molar-refractivity contribution in [1.82, 2.24) is 20.5 Å². The molecule has 1 atom stereocenters. The Morgan fingerprint density at radius 3 is 3.25 bits per heavy atom. The number of rotatable bonds is 4. The molecule has 106 valence electrons. The number of nitrogens with one attached hydrogen (secondary N) is 2. The van der Waals surface area contributed by atoms with Gasteiger partial charge in [-0.2, -0.15) is 5.10 Å². The lowest BCUT2D eigenvalue weighted by Gasteiger charge is -2.19. The van der Waals surface area contributed by atoms with E-state index in [1.165, 1.54) is 11.1 Å². The average Bonchev–Trinajstić information content (AvgIpc) is 2.87. The molecule has 2 N–H and O–H groups in total. The van der Waals surface area contributed by atoms with Crippen LogP contribution in [0.2, 0.25) is 0 Å². The van der Waals surface area contributed by atoms with Crippen molar-refractivity contribution < 1.29 is 4.74 Å². The Bertz CT molecular complexity index is 553. The molecule has 0 saturated carbocycles. The monoisotopic (exact) mass is 272 g/mol. The molecule has 0 spiro atoms. The quantitative estimate of drug-likeness (QED) is 0.895. The van der Waals surface area contributed by atoms with Gasteiger partial charge in [-0.25, -0.2) is 4.98 Å². The summed E-state index contributed by atoms with van der Waals surface area (Å²) in [5.41, 5.74) is 2.49. The Hall–Kier alpha value is -1.88. The van der Waals surface area contributed by atoms with E-state index in [4.69, 9.17) is 4.74 Å². The van der Waals surface area contributed by atoms with Crippen molar-refractivity contribution in [3.63, 3.8) is 0 Å². The highest BCUT2D eigenvalue weighted by molar-refractivity contribution is 5.43.